The van der Waals surface area contributed by atoms with Crippen molar-refractivity contribution in [1.82, 2.24) is 15.1 Å². The first-order valence-electron chi connectivity index (χ1n) is 6.82. The molecular formula is C13H19N3O3. The van der Waals surface area contributed by atoms with E-state index in [1.54, 1.807) is 6.20 Å². The smallest absolute Gasteiger partial charge is 0.254 e. The Bertz CT molecular complexity index is 415. The highest BCUT2D eigenvalue weighted by Gasteiger charge is 2.31. The van der Waals surface area contributed by atoms with Gasteiger partial charge in [0.05, 0.1) is 19.8 Å². The maximum atomic E-state index is 12.4. The van der Waals surface area contributed by atoms with Gasteiger partial charge in [-0.1, -0.05) is 0 Å². The van der Waals surface area contributed by atoms with E-state index < -0.39 is 6.10 Å². The minimum absolute atomic E-state index is 0.0592. The molecular weight excluding hydrogens is 246 g/mol. The number of carbonyl (C=O) groups excluding carboxylic acids is 1. The van der Waals surface area contributed by atoms with Gasteiger partial charge >= 0.3 is 0 Å². The molecule has 19 heavy (non-hydrogen) atoms. The van der Waals surface area contributed by atoms with Gasteiger partial charge in [0.2, 0.25) is 0 Å². The highest BCUT2D eigenvalue weighted by atomic mass is 16.6. The Morgan fingerprint density at radius 1 is 1.47 bits per heavy atom. The van der Waals surface area contributed by atoms with Crippen LogP contribution in [0.3, 0.4) is 0 Å². The summed E-state index contributed by atoms with van der Waals surface area (Å²) in [5.74, 6) is 0.411. The zero-order valence-electron chi connectivity index (χ0n) is 10.9. The summed E-state index contributed by atoms with van der Waals surface area (Å²) in [7, 11) is 0. The van der Waals surface area contributed by atoms with Gasteiger partial charge in [0.25, 0.3) is 5.91 Å². The van der Waals surface area contributed by atoms with Crippen LogP contribution in [0, 0.1) is 0 Å². The molecule has 2 saturated heterocycles. The number of nitrogens with zero attached hydrogens (tertiary/aromatic N) is 2. The van der Waals surface area contributed by atoms with Crippen molar-refractivity contribution in [2.75, 3.05) is 32.9 Å². The van der Waals surface area contributed by atoms with Gasteiger partial charge in [-0.25, -0.2) is 0 Å². The molecule has 0 radical (unpaired) electrons. The van der Waals surface area contributed by atoms with Gasteiger partial charge < -0.3 is 14.4 Å². The molecule has 2 atom stereocenters. The summed E-state index contributed by atoms with van der Waals surface area (Å²) in [5.41, 5.74) is 1.11. The molecule has 2 aliphatic rings. The molecule has 2 fully saturated rings. The molecule has 0 saturated carbocycles. The highest BCUT2D eigenvalue weighted by molar-refractivity contribution is 5.81. The molecule has 6 heteroatoms. The van der Waals surface area contributed by atoms with Crippen molar-refractivity contribution in [1.29, 1.82) is 0 Å². The van der Waals surface area contributed by atoms with E-state index in [2.05, 4.69) is 10.2 Å². The predicted molar refractivity (Wildman–Crippen MR) is 67.7 cm³/mol. The summed E-state index contributed by atoms with van der Waals surface area (Å²) in [6, 6.07) is 1.98. The number of likely N-dealkylation sites (tertiary alicyclic amines) is 1. The fourth-order valence-electron chi connectivity index (χ4n) is 2.76. The zero-order chi connectivity index (χ0) is 13.1. The molecule has 1 N–H and O–H groups in total. The largest absolute Gasteiger partial charge is 0.376 e. The van der Waals surface area contributed by atoms with E-state index in [1.165, 1.54) is 0 Å². The number of amides is 1. The van der Waals surface area contributed by atoms with E-state index in [1.807, 2.05) is 11.0 Å². The van der Waals surface area contributed by atoms with E-state index in [9.17, 15) is 4.79 Å². The number of piperidine rings is 1. The number of hydrogen-bond donors (Lipinski definition) is 1. The number of aromatic amines is 1. The van der Waals surface area contributed by atoms with Crippen molar-refractivity contribution in [2.24, 2.45) is 0 Å². The molecule has 3 rings (SSSR count). The first-order chi connectivity index (χ1) is 9.34. The van der Waals surface area contributed by atoms with E-state index in [0.717, 1.165) is 31.6 Å². The lowest BCUT2D eigenvalue weighted by molar-refractivity contribution is -0.159. The van der Waals surface area contributed by atoms with Crippen molar-refractivity contribution in [3.8, 4) is 0 Å². The second-order valence-corrected chi connectivity index (χ2v) is 5.07. The Balaban J connectivity index is 1.62. The van der Waals surface area contributed by atoms with Crippen molar-refractivity contribution in [3.05, 3.63) is 18.0 Å². The number of H-pyrrole nitrogens is 1. The van der Waals surface area contributed by atoms with E-state index in [0.29, 0.717) is 25.7 Å². The Morgan fingerprint density at radius 3 is 3.16 bits per heavy atom. The average Bonchev–Trinajstić information content (AvgIpc) is 3.02. The Labute approximate surface area is 112 Å². The maximum absolute atomic E-state index is 12.4. The molecule has 104 valence electrons. The second-order valence-electron chi connectivity index (χ2n) is 5.07. The predicted octanol–water partition coefficient (Wildman–Crippen LogP) is 0.531. The first kappa shape index (κ1) is 12.6. The average molecular weight is 265 g/mol. The number of rotatable bonds is 2. The third-order valence-corrected chi connectivity index (χ3v) is 3.79. The minimum Gasteiger partial charge on any atom is -0.376 e. The topological polar surface area (TPSA) is 67.5 Å². The Kier molecular flexibility index (Phi) is 3.79. The Hall–Kier alpha value is -1.40. The van der Waals surface area contributed by atoms with Crippen LogP contribution >= 0.6 is 0 Å². The van der Waals surface area contributed by atoms with Gasteiger partial charge in [-0.15, -0.1) is 0 Å². The number of nitrogens with one attached hydrogen (secondary N) is 1. The van der Waals surface area contributed by atoms with Crippen LogP contribution in [-0.2, 0) is 14.3 Å². The van der Waals surface area contributed by atoms with Gasteiger partial charge in [-0.05, 0) is 18.9 Å². The van der Waals surface area contributed by atoms with Crippen molar-refractivity contribution in [2.45, 2.75) is 24.9 Å². The summed E-state index contributed by atoms with van der Waals surface area (Å²) in [6.45, 7) is 3.02. The molecule has 0 spiro atoms. The summed E-state index contributed by atoms with van der Waals surface area (Å²) in [6.07, 6.45) is 3.44. The maximum Gasteiger partial charge on any atom is 0.254 e. The van der Waals surface area contributed by atoms with Crippen LogP contribution in [0.2, 0.25) is 0 Å². The summed E-state index contributed by atoms with van der Waals surface area (Å²) >= 11 is 0. The monoisotopic (exact) mass is 265 g/mol. The van der Waals surface area contributed by atoms with Crippen molar-refractivity contribution >= 4 is 5.91 Å². The van der Waals surface area contributed by atoms with Gasteiger partial charge in [0.1, 0.15) is 0 Å². The lowest BCUT2D eigenvalue weighted by Gasteiger charge is -2.35. The zero-order valence-corrected chi connectivity index (χ0v) is 10.9. The van der Waals surface area contributed by atoms with Crippen LogP contribution < -0.4 is 0 Å². The number of ether oxygens (including phenoxy) is 2. The Morgan fingerprint density at radius 2 is 2.42 bits per heavy atom. The molecule has 0 unspecified atom stereocenters. The SMILES string of the molecule is O=C([C@@H]1COCCO1)N1CCC[C@H](c2ccn[nH]2)C1. The van der Waals surface area contributed by atoms with Crippen molar-refractivity contribution in [3.63, 3.8) is 0 Å². The lowest BCUT2D eigenvalue weighted by Crippen LogP contribution is -2.48. The van der Waals surface area contributed by atoms with Crippen LogP contribution in [0.15, 0.2) is 12.3 Å². The van der Waals surface area contributed by atoms with Crippen LogP contribution in [-0.4, -0.2) is 60.0 Å². The van der Waals surface area contributed by atoms with Crippen LogP contribution in [0.4, 0.5) is 0 Å². The van der Waals surface area contributed by atoms with E-state index in [4.69, 9.17) is 9.47 Å². The number of aromatic nitrogens is 2. The molecule has 6 nitrogen and oxygen atoms in total. The molecule has 2 aliphatic heterocycles. The third kappa shape index (κ3) is 2.79. The van der Waals surface area contributed by atoms with Crippen molar-refractivity contribution < 1.29 is 14.3 Å². The summed E-state index contributed by atoms with van der Waals surface area (Å²) < 4.78 is 10.8. The molecule has 3 heterocycles. The van der Waals surface area contributed by atoms with Crippen LogP contribution in [0.5, 0.6) is 0 Å². The summed E-state index contributed by atoms with van der Waals surface area (Å²) in [5, 5.41) is 6.99. The third-order valence-electron chi connectivity index (χ3n) is 3.79. The standard InChI is InChI=1S/C13H19N3O3/c17-13(12-9-18-6-7-19-12)16-5-1-2-10(8-16)11-3-4-14-15-11/h3-4,10,12H,1-2,5-9H2,(H,14,15)/t10-,12-/m0/s1. The van der Waals surface area contributed by atoms with Gasteiger partial charge in [0, 0.05) is 30.9 Å². The number of carbonyl (C=O) groups is 1. The second kappa shape index (κ2) is 5.71. The first-order valence-corrected chi connectivity index (χ1v) is 6.82. The van der Waals surface area contributed by atoms with Crippen LogP contribution in [0.25, 0.3) is 0 Å². The quantitative estimate of drug-likeness (QED) is 0.847. The van der Waals surface area contributed by atoms with E-state index >= 15 is 0 Å². The molecule has 0 aliphatic carbocycles. The fraction of sp³-hybridized carbons (Fsp3) is 0.692. The van der Waals surface area contributed by atoms with E-state index in [-0.39, 0.29) is 5.91 Å². The normalized spacial score (nSPS) is 28.3. The van der Waals surface area contributed by atoms with Gasteiger partial charge in [0.15, 0.2) is 6.10 Å². The minimum atomic E-state index is -0.422. The van der Waals surface area contributed by atoms with Gasteiger partial charge in [-0.2, -0.15) is 5.10 Å². The molecule has 0 bridgehead atoms. The summed E-state index contributed by atoms with van der Waals surface area (Å²) in [4.78, 5) is 14.3. The van der Waals surface area contributed by atoms with Gasteiger partial charge in [-0.3, -0.25) is 9.89 Å². The fourth-order valence-corrected chi connectivity index (χ4v) is 2.76. The molecule has 1 amide bonds. The molecule has 0 aromatic carbocycles. The lowest BCUT2D eigenvalue weighted by atomic mass is 9.94. The molecule has 1 aromatic rings. The van der Waals surface area contributed by atoms with Crippen LogP contribution in [0.1, 0.15) is 24.5 Å². The number of hydrogen-bond acceptors (Lipinski definition) is 4. The molecule has 1 aromatic heterocycles. The highest BCUT2D eigenvalue weighted by Crippen LogP contribution is 2.26.